The van der Waals surface area contributed by atoms with Crippen molar-refractivity contribution in [3.8, 4) is 0 Å². The third-order valence-electron chi connectivity index (χ3n) is 7.68. The SMILES string of the molecule is CN1C(CCC(=O)NCc2ccc(F)cc2)CNC(=O)C2C1CCN2Cc1nc2ccccc2n1C. The molecule has 2 aromatic carbocycles. The van der Waals surface area contributed by atoms with E-state index in [1.54, 1.807) is 12.1 Å². The number of halogens is 1. The molecule has 3 unspecified atom stereocenters. The van der Waals surface area contributed by atoms with E-state index in [2.05, 4.69) is 38.1 Å². The number of imidazole rings is 1. The number of carbonyl (C=O) groups is 2. The van der Waals surface area contributed by atoms with Gasteiger partial charge in [0, 0.05) is 45.2 Å². The molecule has 190 valence electrons. The monoisotopic (exact) mass is 492 g/mol. The summed E-state index contributed by atoms with van der Waals surface area (Å²) in [5.74, 6) is 0.660. The highest BCUT2D eigenvalue weighted by Crippen LogP contribution is 2.29. The normalized spacial score (nSPS) is 22.9. The van der Waals surface area contributed by atoms with E-state index in [0.29, 0.717) is 32.5 Å². The van der Waals surface area contributed by atoms with Crippen molar-refractivity contribution in [1.82, 2.24) is 30.0 Å². The summed E-state index contributed by atoms with van der Waals surface area (Å²) in [5, 5.41) is 6.03. The number of para-hydroxylation sites is 2. The van der Waals surface area contributed by atoms with Gasteiger partial charge in [0.2, 0.25) is 11.8 Å². The maximum Gasteiger partial charge on any atom is 0.239 e. The molecule has 2 amide bonds. The number of nitrogens with zero attached hydrogens (tertiary/aromatic N) is 4. The molecule has 0 radical (unpaired) electrons. The number of aryl methyl sites for hydroxylation is 1. The Kier molecular flexibility index (Phi) is 7.02. The standard InChI is InChI=1S/C27H33FN6O2/c1-32-20(11-12-25(35)29-15-18-7-9-19(28)10-8-18)16-30-27(36)26-23(32)13-14-34(26)17-24-31-21-5-3-4-6-22(21)33(24)2/h3-10,20,23,26H,11-17H2,1-2H3,(H,29,35)(H,30,36). The number of amides is 2. The van der Waals surface area contributed by atoms with Crippen LogP contribution in [0, 0.1) is 5.82 Å². The maximum atomic E-state index is 13.2. The second-order valence-electron chi connectivity index (χ2n) is 9.85. The van der Waals surface area contributed by atoms with Crippen LogP contribution < -0.4 is 10.6 Å². The molecule has 0 aliphatic carbocycles. The summed E-state index contributed by atoms with van der Waals surface area (Å²) >= 11 is 0. The number of rotatable bonds is 7. The fourth-order valence-corrected chi connectivity index (χ4v) is 5.53. The molecule has 0 saturated carbocycles. The van der Waals surface area contributed by atoms with Crippen LogP contribution in [0.5, 0.6) is 0 Å². The highest BCUT2D eigenvalue weighted by Gasteiger charge is 2.45. The van der Waals surface area contributed by atoms with E-state index >= 15 is 0 Å². The Labute approximate surface area is 210 Å². The number of hydrogen-bond donors (Lipinski definition) is 2. The number of carbonyl (C=O) groups excluding carboxylic acids is 2. The lowest BCUT2D eigenvalue weighted by molar-refractivity contribution is -0.126. The molecule has 2 saturated heterocycles. The van der Waals surface area contributed by atoms with Crippen molar-refractivity contribution >= 4 is 22.8 Å². The fourth-order valence-electron chi connectivity index (χ4n) is 5.53. The largest absolute Gasteiger partial charge is 0.353 e. The average Bonchev–Trinajstić information content (AvgIpc) is 3.41. The van der Waals surface area contributed by atoms with Gasteiger partial charge in [-0.05, 0) is 49.7 Å². The van der Waals surface area contributed by atoms with Crippen molar-refractivity contribution in [2.24, 2.45) is 7.05 Å². The summed E-state index contributed by atoms with van der Waals surface area (Å²) in [6.45, 7) is 2.33. The van der Waals surface area contributed by atoms with Gasteiger partial charge >= 0.3 is 0 Å². The lowest BCUT2D eigenvalue weighted by Crippen LogP contribution is -2.49. The molecule has 3 aromatic rings. The number of likely N-dealkylation sites (N-methyl/N-ethyl adjacent to an activating group) is 1. The first kappa shape index (κ1) is 24.4. The molecule has 36 heavy (non-hydrogen) atoms. The van der Waals surface area contributed by atoms with Crippen molar-refractivity contribution < 1.29 is 14.0 Å². The first-order valence-corrected chi connectivity index (χ1v) is 12.6. The van der Waals surface area contributed by atoms with E-state index in [1.165, 1.54) is 12.1 Å². The molecule has 2 N–H and O–H groups in total. The van der Waals surface area contributed by atoms with Gasteiger partial charge in [0.1, 0.15) is 17.7 Å². The summed E-state index contributed by atoms with van der Waals surface area (Å²) in [6, 6.07) is 14.1. The second kappa shape index (κ2) is 10.4. The molecule has 1 aromatic heterocycles. The van der Waals surface area contributed by atoms with E-state index in [1.807, 2.05) is 25.2 Å². The molecule has 2 aliphatic heterocycles. The van der Waals surface area contributed by atoms with Crippen LogP contribution in [0.2, 0.25) is 0 Å². The maximum absolute atomic E-state index is 13.2. The summed E-state index contributed by atoms with van der Waals surface area (Å²) in [6.07, 6.45) is 1.92. The topological polar surface area (TPSA) is 82.5 Å². The first-order chi connectivity index (χ1) is 17.4. The predicted molar refractivity (Wildman–Crippen MR) is 135 cm³/mol. The predicted octanol–water partition coefficient (Wildman–Crippen LogP) is 2.18. The molecule has 5 rings (SSSR count). The summed E-state index contributed by atoms with van der Waals surface area (Å²) in [4.78, 5) is 34.9. The highest BCUT2D eigenvalue weighted by atomic mass is 19.1. The zero-order chi connectivity index (χ0) is 25.2. The molecular weight excluding hydrogens is 459 g/mol. The van der Waals surface area contributed by atoms with Crippen LogP contribution in [0.4, 0.5) is 4.39 Å². The van der Waals surface area contributed by atoms with Gasteiger partial charge in [-0.2, -0.15) is 0 Å². The number of fused-ring (bicyclic) bond motifs is 2. The molecule has 9 heteroatoms. The van der Waals surface area contributed by atoms with Crippen molar-refractivity contribution in [2.45, 2.75) is 50.5 Å². The van der Waals surface area contributed by atoms with Gasteiger partial charge < -0.3 is 15.2 Å². The van der Waals surface area contributed by atoms with E-state index < -0.39 is 0 Å². The van der Waals surface area contributed by atoms with E-state index in [9.17, 15) is 14.0 Å². The Bertz CT molecular complexity index is 1240. The summed E-state index contributed by atoms with van der Waals surface area (Å²) < 4.78 is 15.2. The zero-order valence-electron chi connectivity index (χ0n) is 20.8. The van der Waals surface area contributed by atoms with Crippen LogP contribution in [-0.2, 0) is 29.7 Å². The average molecular weight is 493 g/mol. The molecule has 3 heterocycles. The molecule has 2 aliphatic rings. The zero-order valence-corrected chi connectivity index (χ0v) is 20.8. The van der Waals surface area contributed by atoms with Crippen LogP contribution in [0.25, 0.3) is 11.0 Å². The lowest BCUT2D eigenvalue weighted by atomic mass is 10.0. The molecule has 3 atom stereocenters. The van der Waals surface area contributed by atoms with Gasteiger partial charge in [0.15, 0.2) is 0 Å². The summed E-state index contributed by atoms with van der Waals surface area (Å²) in [5.41, 5.74) is 2.91. The lowest BCUT2D eigenvalue weighted by Gasteiger charge is -2.33. The van der Waals surface area contributed by atoms with E-state index in [0.717, 1.165) is 35.4 Å². The summed E-state index contributed by atoms with van der Waals surface area (Å²) in [7, 11) is 4.09. The fraction of sp³-hybridized carbons (Fsp3) is 0.444. The van der Waals surface area contributed by atoms with Crippen molar-refractivity contribution in [3.05, 3.63) is 65.7 Å². The minimum absolute atomic E-state index is 0.0465. The number of nitrogens with one attached hydrogen (secondary N) is 2. The number of hydrogen-bond acceptors (Lipinski definition) is 5. The number of benzene rings is 2. The third kappa shape index (κ3) is 4.99. The van der Waals surface area contributed by atoms with Crippen molar-refractivity contribution in [1.29, 1.82) is 0 Å². The van der Waals surface area contributed by atoms with Gasteiger partial charge in [-0.15, -0.1) is 0 Å². The van der Waals surface area contributed by atoms with Crippen LogP contribution in [-0.4, -0.2) is 69.4 Å². The van der Waals surface area contributed by atoms with Gasteiger partial charge in [-0.1, -0.05) is 24.3 Å². The number of likely N-dealkylation sites (tertiary alicyclic amines) is 1. The quantitative estimate of drug-likeness (QED) is 0.529. The molecule has 2 fully saturated rings. The first-order valence-electron chi connectivity index (χ1n) is 12.6. The minimum Gasteiger partial charge on any atom is -0.353 e. The van der Waals surface area contributed by atoms with Gasteiger partial charge in [0.05, 0.1) is 17.6 Å². The van der Waals surface area contributed by atoms with Gasteiger partial charge in [-0.3, -0.25) is 19.4 Å². The van der Waals surface area contributed by atoms with E-state index in [4.69, 9.17) is 4.98 Å². The van der Waals surface area contributed by atoms with Crippen LogP contribution in [0.15, 0.2) is 48.5 Å². The van der Waals surface area contributed by atoms with Crippen LogP contribution >= 0.6 is 0 Å². The Balaban J connectivity index is 1.19. The van der Waals surface area contributed by atoms with Gasteiger partial charge in [-0.25, -0.2) is 9.37 Å². The van der Waals surface area contributed by atoms with Gasteiger partial charge in [0.25, 0.3) is 0 Å². The third-order valence-corrected chi connectivity index (χ3v) is 7.68. The Morgan fingerprint density at radius 3 is 2.72 bits per heavy atom. The van der Waals surface area contributed by atoms with Crippen molar-refractivity contribution in [2.75, 3.05) is 20.1 Å². The molecule has 8 nitrogen and oxygen atoms in total. The molecular formula is C27H33FN6O2. The Morgan fingerprint density at radius 2 is 1.94 bits per heavy atom. The second-order valence-corrected chi connectivity index (χ2v) is 9.85. The van der Waals surface area contributed by atoms with Crippen LogP contribution in [0.1, 0.15) is 30.7 Å². The molecule has 0 bridgehead atoms. The Hall–Kier alpha value is -3.30. The number of aromatic nitrogens is 2. The van der Waals surface area contributed by atoms with E-state index in [-0.39, 0.29) is 35.8 Å². The molecule has 0 spiro atoms. The highest BCUT2D eigenvalue weighted by molar-refractivity contribution is 5.83. The van der Waals surface area contributed by atoms with Crippen LogP contribution in [0.3, 0.4) is 0 Å². The minimum atomic E-state index is -0.291. The Morgan fingerprint density at radius 1 is 1.17 bits per heavy atom. The smallest absolute Gasteiger partial charge is 0.239 e. The van der Waals surface area contributed by atoms with Crippen molar-refractivity contribution in [3.63, 3.8) is 0 Å².